The minimum atomic E-state index is -3.83. The van der Waals surface area contributed by atoms with Crippen LogP contribution in [0.5, 0.6) is 11.5 Å². The molecule has 2 heterocycles. The number of nitrogens with one attached hydrogen (secondary N) is 2. The van der Waals surface area contributed by atoms with Gasteiger partial charge in [-0.1, -0.05) is 12.1 Å². The van der Waals surface area contributed by atoms with Crippen LogP contribution in [-0.2, 0) is 10.0 Å². The number of aromatic nitrogens is 3. The maximum absolute atomic E-state index is 12.9. The van der Waals surface area contributed by atoms with Crippen molar-refractivity contribution in [3.05, 3.63) is 48.3 Å². The normalized spacial score (nSPS) is 13.8. The number of nitrogens with zero attached hydrogens (tertiary/aromatic N) is 2. The fourth-order valence-corrected chi connectivity index (χ4v) is 3.84. The molecule has 140 valence electrons. The Kier molecular flexibility index (Phi) is 4.44. The zero-order valence-electron chi connectivity index (χ0n) is 14.6. The van der Waals surface area contributed by atoms with E-state index in [1.807, 2.05) is 0 Å². The molecule has 1 aromatic heterocycles. The van der Waals surface area contributed by atoms with Crippen LogP contribution in [0.3, 0.4) is 0 Å². The highest BCUT2D eigenvalue weighted by Crippen LogP contribution is 2.33. The lowest BCUT2D eigenvalue weighted by atomic mass is 10.2. The van der Waals surface area contributed by atoms with Crippen molar-refractivity contribution in [1.82, 2.24) is 15.2 Å². The van der Waals surface area contributed by atoms with E-state index in [0.717, 1.165) is 6.42 Å². The van der Waals surface area contributed by atoms with E-state index in [4.69, 9.17) is 9.47 Å². The third-order valence-corrected chi connectivity index (χ3v) is 5.40. The highest BCUT2D eigenvalue weighted by Gasteiger charge is 2.21. The van der Waals surface area contributed by atoms with Crippen LogP contribution in [0.2, 0.25) is 0 Å². The highest BCUT2D eigenvalue weighted by atomic mass is 32.2. The number of hydrogen-bond donors (Lipinski definition) is 2. The van der Waals surface area contributed by atoms with Crippen molar-refractivity contribution in [3.63, 3.8) is 0 Å². The lowest BCUT2D eigenvalue weighted by Crippen LogP contribution is -2.14. The largest absolute Gasteiger partial charge is 0.490 e. The molecular weight excluding hydrogens is 368 g/mol. The van der Waals surface area contributed by atoms with E-state index < -0.39 is 10.0 Å². The average molecular weight is 386 g/mol. The second-order valence-corrected chi connectivity index (χ2v) is 7.74. The maximum atomic E-state index is 12.9. The minimum Gasteiger partial charge on any atom is -0.490 e. The van der Waals surface area contributed by atoms with Crippen molar-refractivity contribution < 1.29 is 17.9 Å². The summed E-state index contributed by atoms with van der Waals surface area (Å²) in [4.78, 5) is 4.36. The number of para-hydroxylation sites is 1. The number of H-pyrrole nitrogens is 1. The van der Waals surface area contributed by atoms with E-state index >= 15 is 0 Å². The van der Waals surface area contributed by atoms with E-state index in [-0.39, 0.29) is 4.90 Å². The number of fused-ring (bicyclic) bond motifs is 1. The van der Waals surface area contributed by atoms with Gasteiger partial charge in [-0.05, 0) is 31.2 Å². The van der Waals surface area contributed by atoms with E-state index in [9.17, 15) is 8.42 Å². The van der Waals surface area contributed by atoms with Gasteiger partial charge in [0.2, 0.25) is 0 Å². The number of benzene rings is 2. The topological polar surface area (TPSA) is 106 Å². The van der Waals surface area contributed by atoms with Crippen LogP contribution >= 0.6 is 0 Å². The fraction of sp³-hybridized carbons (Fsp3) is 0.222. The van der Waals surface area contributed by atoms with Gasteiger partial charge in [-0.3, -0.25) is 9.82 Å². The summed E-state index contributed by atoms with van der Waals surface area (Å²) >= 11 is 0. The molecule has 0 unspecified atom stereocenters. The predicted molar refractivity (Wildman–Crippen MR) is 99.4 cm³/mol. The summed E-state index contributed by atoms with van der Waals surface area (Å²) in [7, 11) is -3.83. The third-order valence-electron chi connectivity index (χ3n) is 4.04. The Morgan fingerprint density at radius 2 is 1.85 bits per heavy atom. The molecule has 0 bridgehead atoms. The Hall–Kier alpha value is -3.07. The molecule has 9 heteroatoms. The first-order chi connectivity index (χ1) is 13.0. The van der Waals surface area contributed by atoms with Gasteiger partial charge in [0.1, 0.15) is 5.82 Å². The summed E-state index contributed by atoms with van der Waals surface area (Å²) in [6.07, 6.45) is 0.748. The maximum Gasteiger partial charge on any atom is 0.262 e. The van der Waals surface area contributed by atoms with Crippen molar-refractivity contribution in [2.75, 3.05) is 17.9 Å². The summed E-state index contributed by atoms with van der Waals surface area (Å²) in [6, 6.07) is 11.6. The monoisotopic (exact) mass is 386 g/mol. The van der Waals surface area contributed by atoms with Gasteiger partial charge in [-0.15, -0.1) is 0 Å². The van der Waals surface area contributed by atoms with Crippen molar-refractivity contribution in [3.8, 4) is 22.9 Å². The summed E-state index contributed by atoms with van der Waals surface area (Å²) in [5.41, 5.74) is 0.975. The fourth-order valence-electron chi connectivity index (χ4n) is 2.74. The van der Waals surface area contributed by atoms with Gasteiger partial charge >= 0.3 is 0 Å². The third kappa shape index (κ3) is 3.59. The van der Waals surface area contributed by atoms with Crippen molar-refractivity contribution in [2.24, 2.45) is 0 Å². The number of sulfonamides is 1. The molecule has 3 aromatic rings. The molecule has 0 amide bonds. The van der Waals surface area contributed by atoms with Crippen LogP contribution in [0, 0.1) is 6.92 Å². The quantitative estimate of drug-likeness (QED) is 0.714. The van der Waals surface area contributed by atoms with Crippen molar-refractivity contribution in [1.29, 1.82) is 0 Å². The Morgan fingerprint density at radius 3 is 2.63 bits per heavy atom. The number of ether oxygens (including phenoxy) is 2. The number of aryl methyl sites for hydroxylation is 1. The highest BCUT2D eigenvalue weighted by molar-refractivity contribution is 7.92. The Labute approximate surface area is 156 Å². The first-order valence-corrected chi connectivity index (χ1v) is 9.92. The molecule has 0 radical (unpaired) electrons. The lowest BCUT2D eigenvalue weighted by Gasteiger charge is -2.13. The molecule has 8 nitrogen and oxygen atoms in total. The van der Waals surface area contributed by atoms with E-state index in [2.05, 4.69) is 19.9 Å². The average Bonchev–Trinajstić information content (AvgIpc) is 2.94. The van der Waals surface area contributed by atoms with Gasteiger partial charge in [0, 0.05) is 18.1 Å². The van der Waals surface area contributed by atoms with Gasteiger partial charge < -0.3 is 9.47 Å². The Morgan fingerprint density at radius 1 is 1.07 bits per heavy atom. The Balaban J connectivity index is 1.68. The molecule has 1 aliphatic rings. The number of aromatic amines is 1. The van der Waals surface area contributed by atoms with E-state index in [1.165, 1.54) is 12.1 Å². The number of rotatable bonds is 4. The van der Waals surface area contributed by atoms with E-state index in [1.54, 1.807) is 37.3 Å². The molecule has 0 fully saturated rings. The van der Waals surface area contributed by atoms with Crippen LogP contribution < -0.4 is 14.2 Å². The minimum absolute atomic E-state index is 0.0905. The SMILES string of the molecule is Cc1nc(-c2ccccc2NS(=O)(=O)c2ccc3c(c2)OCCCO3)n[nH]1. The lowest BCUT2D eigenvalue weighted by molar-refractivity contribution is 0.297. The van der Waals surface area contributed by atoms with Gasteiger partial charge in [0.05, 0.1) is 23.8 Å². The molecular formula is C18H18N4O4S. The Bertz CT molecular complexity index is 1080. The van der Waals surface area contributed by atoms with Crippen LogP contribution in [-0.4, -0.2) is 36.8 Å². The summed E-state index contributed by atoms with van der Waals surface area (Å²) in [5.74, 6) is 2.03. The molecule has 0 aliphatic carbocycles. The van der Waals surface area contributed by atoms with Gasteiger partial charge in [-0.25, -0.2) is 13.4 Å². The van der Waals surface area contributed by atoms with Crippen molar-refractivity contribution in [2.45, 2.75) is 18.2 Å². The number of hydrogen-bond acceptors (Lipinski definition) is 6. The van der Waals surface area contributed by atoms with E-state index in [0.29, 0.717) is 47.6 Å². The van der Waals surface area contributed by atoms with Crippen LogP contribution in [0.4, 0.5) is 5.69 Å². The number of anilines is 1. The summed E-state index contributed by atoms with van der Waals surface area (Å²) in [5, 5.41) is 6.87. The molecule has 0 atom stereocenters. The molecule has 0 spiro atoms. The zero-order chi connectivity index (χ0) is 18.9. The molecule has 27 heavy (non-hydrogen) atoms. The molecule has 0 saturated carbocycles. The second kappa shape index (κ2) is 6.92. The zero-order valence-corrected chi connectivity index (χ0v) is 15.4. The molecule has 2 aromatic carbocycles. The molecule has 0 saturated heterocycles. The summed E-state index contributed by atoms with van der Waals surface area (Å²) in [6.45, 7) is 2.80. The predicted octanol–water partition coefficient (Wildman–Crippen LogP) is 2.74. The first-order valence-electron chi connectivity index (χ1n) is 8.44. The molecule has 4 rings (SSSR count). The van der Waals surface area contributed by atoms with Crippen LogP contribution in [0.15, 0.2) is 47.4 Å². The van der Waals surface area contributed by atoms with Gasteiger partial charge in [-0.2, -0.15) is 5.10 Å². The molecule has 2 N–H and O–H groups in total. The van der Waals surface area contributed by atoms with Crippen LogP contribution in [0.1, 0.15) is 12.2 Å². The smallest absolute Gasteiger partial charge is 0.262 e. The van der Waals surface area contributed by atoms with Crippen molar-refractivity contribution >= 4 is 15.7 Å². The van der Waals surface area contributed by atoms with Gasteiger partial charge in [0.15, 0.2) is 17.3 Å². The van der Waals surface area contributed by atoms with Crippen LogP contribution in [0.25, 0.3) is 11.4 Å². The summed E-state index contributed by atoms with van der Waals surface area (Å²) < 4.78 is 39.6. The molecule has 1 aliphatic heterocycles. The first kappa shape index (κ1) is 17.3. The standard InChI is InChI=1S/C18H18N4O4S/c1-12-19-18(21-20-12)14-5-2-3-6-15(14)22-27(23,24)13-7-8-16-17(11-13)26-10-4-9-25-16/h2-3,5-8,11,22H,4,9-10H2,1H3,(H,19,20,21). The second-order valence-electron chi connectivity index (χ2n) is 6.05. The van der Waals surface area contributed by atoms with Gasteiger partial charge in [0.25, 0.3) is 10.0 Å².